The van der Waals surface area contributed by atoms with Crippen LogP contribution in [0.3, 0.4) is 0 Å². The van der Waals surface area contributed by atoms with E-state index in [2.05, 4.69) is 5.32 Å². The fraction of sp³-hybridized carbons (Fsp3) is 0.652. The lowest BCUT2D eigenvalue weighted by molar-refractivity contribution is -0.132. The number of amides is 2. The van der Waals surface area contributed by atoms with Crippen molar-refractivity contribution in [2.75, 3.05) is 27.3 Å². The normalized spacial score (nSPS) is 18.3. The quantitative estimate of drug-likeness (QED) is 0.754. The van der Waals surface area contributed by atoms with E-state index in [0.29, 0.717) is 23.5 Å². The van der Waals surface area contributed by atoms with Crippen LogP contribution in [-0.4, -0.2) is 50.1 Å². The van der Waals surface area contributed by atoms with E-state index >= 15 is 0 Å². The van der Waals surface area contributed by atoms with Gasteiger partial charge >= 0.3 is 0 Å². The first-order valence-electron chi connectivity index (χ1n) is 10.9. The molecule has 1 aromatic rings. The minimum absolute atomic E-state index is 0.0853. The van der Waals surface area contributed by atoms with E-state index in [1.165, 1.54) is 32.1 Å². The summed E-state index contributed by atoms with van der Waals surface area (Å²) < 4.78 is 10.5. The number of benzene rings is 1. The molecule has 0 unspecified atom stereocenters. The Morgan fingerprint density at radius 3 is 2.17 bits per heavy atom. The van der Waals surface area contributed by atoms with Crippen LogP contribution >= 0.6 is 0 Å². The highest BCUT2D eigenvalue weighted by atomic mass is 16.5. The number of rotatable bonds is 7. The number of likely N-dealkylation sites (tertiary alicyclic amines) is 1. The molecule has 2 fully saturated rings. The van der Waals surface area contributed by atoms with E-state index in [1.807, 2.05) is 4.90 Å². The van der Waals surface area contributed by atoms with Crippen molar-refractivity contribution in [1.82, 2.24) is 10.2 Å². The molecule has 160 valence electrons. The van der Waals surface area contributed by atoms with Crippen molar-refractivity contribution in [3.05, 3.63) is 23.8 Å². The van der Waals surface area contributed by atoms with Gasteiger partial charge in [0.1, 0.15) is 11.5 Å². The zero-order valence-corrected chi connectivity index (χ0v) is 17.7. The van der Waals surface area contributed by atoms with Gasteiger partial charge in [-0.05, 0) is 37.3 Å². The van der Waals surface area contributed by atoms with Crippen molar-refractivity contribution < 1.29 is 19.1 Å². The van der Waals surface area contributed by atoms with Gasteiger partial charge in [0, 0.05) is 37.2 Å². The van der Waals surface area contributed by atoms with Gasteiger partial charge in [0.25, 0.3) is 5.91 Å². The second-order valence-electron chi connectivity index (χ2n) is 8.27. The second-order valence-corrected chi connectivity index (χ2v) is 8.27. The number of methoxy groups -OCH3 is 2. The Morgan fingerprint density at radius 2 is 1.59 bits per heavy atom. The molecule has 6 nitrogen and oxygen atoms in total. The summed E-state index contributed by atoms with van der Waals surface area (Å²) in [5, 5.41) is 3.09. The average molecular weight is 403 g/mol. The first kappa shape index (κ1) is 21.5. The molecule has 1 heterocycles. The van der Waals surface area contributed by atoms with Crippen LogP contribution in [0, 0.1) is 5.92 Å². The number of hydrogen-bond donors (Lipinski definition) is 1. The summed E-state index contributed by atoms with van der Waals surface area (Å²) in [6.07, 6.45) is 9.87. The number of carbonyl (C=O) groups excluding carboxylic acids is 2. The van der Waals surface area contributed by atoms with Crippen molar-refractivity contribution >= 4 is 11.8 Å². The van der Waals surface area contributed by atoms with Gasteiger partial charge in [0.15, 0.2) is 0 Å². The Hall–Kier alpha value is -2.24. The average Bonchev–Trinajstić information content (AvgIpc) is 2.78. The summed E-state index contributed by atoms with van der Waals surface area (Å²) >= 11 is 0. The lowest BCUT2D eigenvalue weighted by Crippen LogP contribution is -2.46. The predicted molar refractivity (Wildman–Crippen MR) is 112 cm³/mol. The van der Waals surface area contributed by atoms with E-state index in [4.69, 9.17) is 9.47 Å². The van der Waals surface area contributed by atoms with Gasteiger partial charge in [-0.2, -0.15) is 0 Å². The summed E-state index contributed by atoms with van der Waals surface area (Å²) in [6, 6.07) is 5.25. The largest absolute Gasteiger partial charge is 0.497 e. The maximum Gasteiger partial charge on any atom is 0.251 e. The number of carbonyl (C=O) groups is 2. The summed E-state index contributed by atoms with van der Waals surface area (Å²) in [6.45, 7) is 1.44. The molecule has 1 aromatic carbocycles. The van der Waals surface area contributed by atoms with Crippen LogP contribution in [0.25, 0.3) is 0 Å². The zero-order chi connectivity index (χ0) is 20.6. The lowest BCUT2D eigenvalue weighted by Gasteiger charge is -2.33. The number of piperidine rings is 1. The molecule has 0 bridgehead atoms. The summed E-state index contributed by atoms with van der Waals surface area (Å²) in [5.74, 6) is 2.06. The highest BCUT2D eigenvalue weighted by molar-refractivity contribution is 5.95. The molecular weight excluding hydrogens is 368 g/mol. The third-order valence-electron chi connectivity index (χ3n) is 6.29. The molecule has 1 saturated heterocycles. The van der Waals surface area contributed by atoms with Crippen molar-refractivity contribution in [1.29, 1.82) is 0 Å². The Balaban J connectivity index is 1.44. The van der Waals surface area contributed by atoms with Crippen molar-refractivity contribution in [2.45, 2.75) is 63.8 Å². The highest BCUT2D eigenvalue weighted by Gasteiger charge is 2.25. The minimum atomic E-state index is -0.135. The summed E-state index contributed by atoms with van der Waals surface area (Å²) in [4.78, 5) is 27.2. The lowest BCUT2D eigenvalue weighted by atomic mass is 9.86. The van der Waals surface area contributed by atoms with Gasteiger partial charge in [0.05, 0.1) is 14.2 Å². The van der Waals surface area contributed by atoms with Crippen LogP contribution in [0.5, 0.6) is 11.5 Å². The molecular formula is C23H34N2O4. The van der Waals surface area contributed by atoms with E-state index < -0.39 is 0 Å². The Bertz CT molecular complexity index is 670. The van der Waals surface area contributed by atoms with Crippen molar-refractivity contribution in [3.8, 4) is 11.5 Å². The van der Waals surface area contributed by atoms with Gasteiger partial charge in [-0.25, -0.2) is 0 Å². The second kappa shape index (κ2) is 10.5. The van der Waals surface area contributed by atoms with Crippen LogP contribution in [0.4, 0.5) is 0 Å². The first-order valence-corrected chi connectivity index (χ1v) is 10.9. The zero-order valence-electron chi connectivity index (χ0n) is 17.7. The number of hydrogen-bond acceptors (Lipinski definition) is 4. The SMILES string of the molecule is COc1cc(OC)cc(C(=O)NC2CCN(C(=O)CCC3CCCCC3)CC2)c1. The van der Waals surface area contributed by atoms with Gasteiger partial charge in [0.2, 0.25) is 5.91 Å². The molecule has 0 atom stereocenters. The fourth-order valence-electron chi connectivity index (χ4n) is 4.44. The van der Waals surface area contributed by atoms with Crippen LogP contribution in [0.1, 0.15) is 68.1 Å². The molecule has 1 aliphatic heterocycles. The van der Waals surface area contributed by atoms with Crippen LogP contribution in [0.15, 0.2) is 18.2 Å². The highest BCUT2D eigenvalue weighted by Crippen LogP contribution is 2.28. The Labute approximate surface area is 173 Å². The monoisotopic (exact) mass is 402 g/mol. The molecule has 1 saturated carbocycles. The van der Waals surface area contributed by atoms with Gasteiger partial charge in [-0.15, -0.1) is 0 Å². The van der Waals surface area contributed by atoms with Crippen molar-refractivity contribution in [3.63, 3.8) is 0 Å². The molecule has 0 spiro atoms. The molecule has 2 aliphatic rings. The summed E-state index contributed by atoms with van der Waals surface area (Å²) in [7, 11) is 3.13. The molecule has 2 amide bonds. The van der Waals surface area contributed by atoms with E-state index in [0.717, 1.165) is 38.3 Å². The smallest absolute Gasteiger partial charge is 0.251 e. The number of nitrogens with zero attached hydrogens (tertiary/aromatic N) is 1. The molecule has 3 rings (SSSR count). The molecule has 6 heteroatoms. The molecule has 1 aliphatic carbocycles. The van der Waals surface area contributed by atoms with Gasteiger partial charge < -0.3 is 19.7 Å². The van der Waals surface area contributed by atoms with Crippen LogP contribution in [-0.2, 0) is 4.79 Å². The van der Waals surface area contributed by atoms with Gasteiger partial charge in [-0.3, -0.25) is 9.59 Å². The number of nitrogens with one attached hydrogen (secondary N) is 1. The van der Waals surface area contributed by atoms with E-state index in [1.54, 1.807) is 32.4 Å². The third-order valence-corrected chi connectivity index (χ3v) is 6.29. The van der Waals surface area contributed by atoms with E-state index in [9.17, 15) is 9.59 Å². The molecule has 29 heavy (non-hydrogen) atoms. The predicted octanol–water partition coefficient (Wildman–Crippen LogP) is 3.79. The van der Waals surface area contributed by atoms with E-state index in [-0.39, 0.29) is 17.9 Å². The maximum atomic E-state index is 12.6. The third kappa shape index (κ3) is 6.12. The standard InChI is InChI=1S/C23H34N2O4/c1-28-20-14-18(15-21(16-20)29-2)23(27)24-19-10-12-25(13-11-19)22(26)9-8-17-6-4-3-5-7-17/h14-17,19H,3-13H2,1-2H3,(H,24,27). The van der Waals surface area contributed by atoms with Gasteiger partial charge in [-0.1, -0.05) is 32.1 Å². The summed E-state index contributed by atoms with van der Waals surface area (Å²) in [5.41, 5.74) is 0.521. The molecule has 1 N–H and O–H groups in total. The fourth-order valence-corrected chi connectivity index (χ4v) is 4.44. The topological polar surface area (TPSA) is 67.9 Å². The minimum Gasteiger partial charge on any atom is -0.497 e. The Kier molecular flexibility index (Phi) is 7.78. The Morgan fingerprint density at radius 1 is 0.966 bits per heavy atom. The number of ether oxygens (including phenoxy) is 2. The van der Waals surface area contributed by atoms with Crippen LogP contribution < -0.4 is 14.8 Å². The molecule has 0 aromatic heterocycles. The van der Waals surface area contributed by atoms with Crippen LogP contribution in [0.2, 0.25) is 0 Å². The molecule has 0 radical (unpaired) electrons. The van der Waals surface area contributed by atoms with Crippen molar-refractivity contribution in [2.24, 2.45) is 5.92 Å². The maximum absolute atomic E-state index is 12.6. The first-order chi connectivity index (χ1) is 14.1.